The molecular weight excluding hydrogens is 218 g/mol. The zero-order valence-electron chi connectivity index (χ0n) is 9.35. The highest BCUT2D eigenvalue weighted by atomic mass is 32.2. The zero-order valence-corrected chi connectivity index (χ0v) is 10.2. The van der Waals surface area contributed by atoms with Gasteiger partial charge in [0.2, 0.25) is 0 Å². The number of para-hydroxylation sites is 1. The van der Waals surface area contributed by atoms with Crippen LogP contribution in [0.2, 0.25) is 0 Å². The summed E-state index contributed by atoms with van der Waals surface area (Å²) in [7, 11) is 0. The van der Waals surface area contributed by atoms with E-state index >= 15 is 0 Å². The molecule has 0 unspecified atom stereocenters. The summed E-state index contributed by atoms with van der Waals surface area (Å²) in [6.45, 7) is 2.18. The fraction of sp³-hybridized carbons (Fsp3) is 0.308. The van der Waals surface area contributed by atoms with Crippen molar-refractivity contribution in [2.45, 2.75) is 19.8 Å². The van der Waals surface area contributed by atoms with Crippen molar-refractivity contribution in [2.24, 2.45) is 0 Å². The smallest absolute Gasteiger partial charge is 0.189 e. The van der Waals surface area contributed by atoms with Gasteiger partial charge in [-0.2, -0.15) is 0 Å². The van der Waals surface area contributed by atoms with E-state index in [9.17, 15) is 4.79 Å². The molecule has 0 aliphatic rings. The quantitative estimate of drug-likeness (QED) is 0.756. The third kappa shape index (κ3) is 2.30. The van der Waals surface area contributed by atoms with Crippen LogP contribution in [0.15, 0.2) is 41.3 Å². The Labute approximate surface area is 99.4 Å². The molecule has 0 saturated carbocycles. The highest BCUT2D eigenvalue weighted by Gasteiger charge is 2.01. The SMILES string of the molecule is CCCCSn1ccc(=O)c2ccccc21. The molecule has 0 radical (unpaired) electrons. The summed E-state index contributed by atoms with van der Waals surface area (Å²) >= 11 is 1.76. The van der Waals surface area contributed by atoms with Gasteiger partial charge in [0.05, 0.1) is 5.52 Å². The molecule has 1 aromatic carbocycles. The second kappa shape index (κ2) is 5.21. The number of benzene rings is 1. The lowest BCUT2D eigenvalue weighted by Gasteiger charge is -2.08. The third-order valence-electron chi connectivity index (χ3n) is 2.50. The molecule has 1 heterocycles. The predicted octanol–water partition coefficient (Wildman–Crippen LogP) is 3.30. The van der Waals surface area contributed by atoms with Crippen molar-refractivity contribution >= 4 is 22.9 Å². The van der Waals surface area contributed by atoms with E-state index in [0.717, 1.165) is 16.7 Å². The molecule has 0 bridgehead atoms. The van der Waals surface area contributed by atoms with E-state index in [0.29, 0.717) is 0 Å². The number of nitrogens with zero attached hydrogens (tertiary/aromatic N) is 1. The van der Waals surface area contributed by atoms with Gasteiger partial charge >= 0.3 is 0 Å². The first-order chi connectivity index (χ1) is 7.83. The largest absolute Gasteiger partial charge is 0.291 e. The Hall–Kier alpha value is -1.22. The van der Waals surface area contributed by atoms with Gasteiger partial charge in [-0.3, -0.25) is 8.77 Å². The zero-order chi connectivity index (χ0) is 11.4. The molecule has 16 heavy (non-hydrogen) atoms. The van der Waals surface area contributed by atoms with E-state index in [1.807, 2.05) is 30.5 Å². The molecule has 1 aromatic heterocycles. The fourth-order valence-corrected chi connectivity index (χ4v) is 2.66. The molecule has 0 amide bonds. The summed E-state index contributed by atoms with van der Waals surface area (Å²) in [5.41, 5.74) is 1.11. The van der Waals surface area contributed by atoms with Crippen LogP contribution in [0.3, 0.4) is 0 Å². The van der Waals surface area contributed by atoms with Gasteiger partial charge in [-0.05, 0) is 30.5 Å². The van der Waals surface area contributed by atoms with E-state index in [2.05, 4.69) is 10.9 Å². The van der Waals surface area contributed by atoms with Crippen LogP contribution in [-0.4, -0.2) is 9.73 Å². The summed E-state index contributed by atoms with van der Waals surface area (Å²) in [4.78, 5) is 11.6. The number of fused-ring (bicyclic) bond motifs is 1. The van der Waals surface area contributed by atoms with E-state index in [4.69, 9.17) is 0 Å². The highest BCUT2D eigenvalue weighted by molar-refractivity contribution is 7.97. The van der Waals surface area contributed by atoms with Gasteiger partial charge in [-0.1, -0.05) is 25.5 Å². The van der Waals surface area contributed by atoms with Crippen LogP contribution in [0.4, 0.5) is 0 Å². The maximum Gasteiger partial charge on any atom is 0.189 e. The van der Waals surface area contributed by atoms with Gasteiger partial charge in [0, 0.05) is 23.4 Å². The molecule has 2 rings (SSSR count). The molecule has 0 saturated heterocycles. The van der Waals surface area contributed by atoms with Crippen molar-refractivity contribution in [3.63, 3.8) is 0 Å². The van der Waals surface area contributed by atoms with Gasteiger partial charge in [-0.15, -0.1) is 0 Å². The van der Waals surface area contributed by atoms with Crippen LogP contribution in [0.1, 0.15) is 19.8 Å². The van der Waals surface area contributed by atoms with Crippen molar-refractivity contribution < 1.29 is 0 Å². The molecule has 2 nitrogen and oxygen atoms in total. The van der Waals surface area contributed by atoms with Crippen LogP contribution in [0.25, 0.3) is 10.9 Å². The van der Waals surface area contributed by atoms with Crippen LogP contribution < -0.4 is 5.43 Å². The Bertz CT molecular complexity index is 533. The first kappa shape index (κ1) is 11.3. The third-order valence-corrected chi connectivity index (χ3v) is 3.56. The van der Waals surface area contributed by atoms with Crippen LogP contribution >= 0.6 is 11.9 Å². The predicted molar refractivity (Wildman–Crippen MR) is 71.0 cm³/mol. The molecule has 0 spiro atoms. The Morgan fingerprint density at radius 3 is 2.88 bits per heavy atom. The lowest BCUT2D eigenvalue weighted by atomic mass is 10.2. The van der Waals surface area contributed by atoms with Crippen LogP contribution in [-0.2, 0) is 0 Å². The van der Waals surface area contributed by atoms with E-state index in [1.165, 1.54) is 12.8 Å². The standard InChI is InChI=1S/C13H15NOS/c1-2-3-10-16-14-9-8-13(15)11-6-4-5-7-12(11)14/h4-9H,2-3,10H2,1H3. The first-order valence-electron chi connectivity index (χ1n) is 5.56. The summed E-state index contributed by atoms with van der Waals surface area (Å²) in [6.07, 6.45) is 4.27. The van der Waals surface area contributed by atoms with Crippen molar-refractivity contribution in [2.75, 3.05) is 5.75 Å². The number of rotatable bonds is 4. The Balaban J connectivity index is 2.38. The topological polar surface area (TPSA) is 22.0 Å². The molecule has 2 aromatic rings. The van der Waals surface area contributed by atoms with Crippen LogP contribution in [0.5, 0.6) is 0 Å². The fourth-order valence-electron chi connectivity index (χ4n) is 1.60. The van der Waals surface area contributed by atoms with Crippen molar-refractivity contribution in [3.05, 3.63) is 46.8 Å². The van der Waals surface area contributed by atoms with Crippen molar-refractivity contribution in [1.29, 1.82) is 0 Å². The molecule has 0 atom stereocenters. The van der Waals surface area contributed by atoms with Gasteiger partial charge in [0.1, 0.15) is 0 Å². The van der Waals surface area contributed by atoms with E-state index in [1.54, 1.807) is 18.0 Å². The molecule has 0 aliphatic carbocycles. The molecule has 0 N–H and O–H groups in total. The average molecular weight is 233 g/mol. The lowest BCUT2D eigenvalue weighted by molar-refractivity contribution is 0.894. The van der Waals surface area contributed by atoms with Crippen molar-refractivity contribution in [3.8, 4) is 0 Å². The lowest BCUT2D eigenvalue weighted by Crippen LogP contribution is -2.04. The number of aromatic nitrogens is 1. The Kier molecular flexibility index (Phi) is 3.67. The molecule has 3 heteroatoms. The Morgan fingerprint density at radius 1 is 1.25 bits per heavy atom. The highest BCUT2D eigenvalue weighted by Crippen LogP contribution is 2.16. The van der Waals surface area contributed by atoms with Gasteiger partial charge in [0.25, 0.3) is 0 Å². The molecule has 0 aliphatic heterocycles. The summed E-state index contributed by atoms with van der Waals surface area (Å²) in [5, 5.41) is 0.800. The van der Waals surface area contributed by atoms with Crippen LogP contribution in [0, 0.1) is 0 Å². The maximum absolute atomic E-state index is 11.6. The number of hydrogen-bond acceptors (Lipinski definition) is 2. The molecule has 84 valence electrons. The van der Waals surface area contributed by atoms with Gasteiger partial charge < -0.3 is 0 Å². The second-order valence-electron chi connectivity index (χ2n) is 3.71. The Morgan fingerprint density at radius 2 is 2.06 bits per heavy atom. The molecular formula is C13H15NOS. The minimum Gasteiger partial charge on any atom is -0.291 e. The minimum absolute atomic E-state index is 0.0999. The monoisotopic (exact) mass is 233 g/mol. The summed E-state index contributed by atoms with van der Waals surface area (Å²) in [6, 6.07) is 9.40. The normalized spacial score (nSPS) is 10.8. The average Bonchev–Trinajstić information content (AvgIpc) is 2.33. The van der Waals surface area contributed by atoms with E-state index in [-0.39, 0.29) is 5.43 Å². The van der Waals surface area contributed by atoms with Crippen molar-refractivity contribution in [1.82, 2.24) is 3.97 Å². The van der Waals surface area contributed by atoms with Gasteiger partial charge in [0.15, 0.2) is 5.43 Å². The maximum atomic E-state index is 11.6. The minimum atomic E-state index is 0.0999. The summed E-state index contributed by atoms with van der Waals surface area (Å²) < 4.78 is 2.09. The molecule has 0 fully saturated rings. The second-order valence-corrected chi connectivity index (χ2v) is 4.77. The number of pyridine rings is 1. The first-order valence-corrected chi connectivity index (χ1v) is 6.51. The van der Waals surface area contributed by atoms with Gasteiger partial charge in [-0.25, -0.2) is 0 Å². The number of unbranched alkanes of at least 4 members (excludes halogenated alkanes) is 1. The van der Waals surface area contributed by atoms with E-state index < -0.39 is 0 Å². The summed E-state index contributed by atoms with van der Waals surface area (Å²) in [5.74, 6) is 1.09. The number of hydrogen-bond donors (Lipinski definition) is 0.